The van der Waals surface area contributed by atoms with Gasteiger partial charge in [0.15, 0.2) is 5.78 Å². The van der Waals surface area contributed by atoms with E-state index in [1.807, 2.05) is 30.3 Å². The van der Waals surface area contributed by atoms with Gasteiger partial charge < -0.3 is 10.0 Å². The van der Waals surface area contributed by atoms with Gasteiger partial charge in [0.25, 0.3) is 0 Å². The number of para-hydroxylation sites is 1. The maximum atomic E-state index is 12.6. The van der Waals surface area contributed by atoms with Gasteiger partial charge in [-0.15, -0.1) is 0 Å². The molecule has 1 atom stereocenters. The molecule has 136 valence electrons. The van der Waals surface area contributed by atoms with E-state index in [0.29, 0.717) is 29.8 Å². The Hall–Kier alpha value is -2.13. The largest absolute Gasteiger partial charge is 0.508 e. The number of hydrogen-bond acceptors (Lipinski definition) is 3. The zero-order valence-electron chi connectivity index (χ0n) is 15.2. The second-order valence-corrected chi connectivity index (χ2v) is 7.82. The summed E-state index contributed by atoms with van der Waals surface area (Å²) in [4.78, 5) is 15.1. The zero-order valence-corrected chi connectivity index (χ0v) is 15.2. The Balaban J connectivity index is 1.34. The van der Waals surface area contributed by atoms with Crippen molar-refractivity contribution in [3.63, 3.8) is 0 Å². The Morgan fingerprint density at radius 3 is 2.50 bits per heavy atom. The summed E-state index contributed by atoms with van der Waals surface area (Å²) in [5, 5.41) is 10.1. The summed E-state index contributed by atoms with van der Waals surface area (Å²) < 4.78 is 0. The summed E-state index contributed by atoms with van der Waals surface area (Å²) >= 11 is 0. The number of phenolic OH excluding ortho intramolecular Hbond substituents is 1. The van der Waals surface area contributed by atoms with E-state index < -0.39 is 0 Å². The van der Waals surface area contributed by atoms with Gasteiger partial charge >= 0.3 is 0 Å². The van der Waals surface area contributed by atoms with Crippen molar-refractivity contribution in [1.82, 2.24) is 4.90 Å². The number of benzene rings is 2. The lowest BCUT2D eigenvalue weighted by Gasteiger charge is -2.34. The monoisotopic (exact) mass is 349 g/mol. The molecule has 1 fully saturated rings. The number of ketones is 1. The van der Waals surface area contributed by atoms with Crippen molar-refractivity contribution in [1.29, 1.82) is 0 Å². The van der Waals surface area contributed by atoms with E-state index in [9.17, 15) is 9.90 Å². The number of rotatable bonds is 3. The van der Waals surface area contributed by atoms with Gasteiger partial charge in [0.1, 0.15) is 5.75 Å². The van der Waals surface area contributed by atoms with Crippen molar-refractivity contribution in [2.75, 3.05) is 19.6 Å². The highest BCUT2D eigenvalue weighted by Gasteiger charge is 2.27. The molecule has 1 aliphatic carbocycles. The highest BCUT2D eigenvalue weighted by Crippen LogP contribution is 2.34. The van der Waals surface area contributed by atoms with Gasteiger partial charge in [-0.25, -0.2) is 0 Å². The average molecular weight is 349 g/mol. The van der Waals surface area contributed by atoms with Gasteiger partial charge in [-0.2, -0.15) is 0 Å². The minimum Gasteiger partial charge on any atom is -0.508 e. The van der Waals surface area contributed by atoms with Crippen LogP contribution in [0.3, 0.4) is 0 Å². The maximum Gasteiger partial charge on any atom is 0.163 e. The first-order valence-electron chi connectivity index (χ1n) is 9.82. The molecule has 4 rings (SSSR count). The summed E-state index contributed by atoms with van der Waals surface area (Å²) in [6, 6.07) is 15.8. The number of piperidine rings is 1. The Morgan fingerprint density at radius 2 is 1.69 bits per heavy atom. The summed E-state index contributed by atoms with van der Waals surface area (Å²) in [6.45, 7) is 3.13. The fourth-order valence-electron chi connectivity index (χ4n) is 4.62. The van der Waals surface area contributed by atoms with Gasteiger partial charge in [-0.05, 0) is 67.8 Å². The molecule has 2 aromatic rings. The number of aryl methyl sites for hydroxylation is 1. The number of Topliss-reactive ketones (excluding diaryl/α,β-unsaturated/α-hetero) is 1. The normalized spacial score (nSPS) is 22.0. The Morgan fingerprint density at radius 1 is 0.962 bits per heavy atom. The molecule has 0 radical (unpaired) electrons. The number of likely N-dealkylation sites (tertiary alicyclic amines) is 1. The number of carbonyl (C=O) groups is 1. The quantitative estimate of drug-likeness (QED) is 0.835. The summed E-state index contributed by atoms with van der Waals surface area (Å²) in [6.07, 6.45) is 4.95. The van der Waals surface area contributed by atoms with E-state index in [1.165, 1.54) is 5.56 Å². The third kappa shape index (κ3) is 3.68. The van der Waals surface area contributed by atoms with Crippen molar-refractivity contribution in [2.45, 2.75) is 38.0 Å². The molecule has 26 heavy (non-hydrogen) atoms. The molecule has 0 amide bonds. The van der Waals surface area contributed by atoms with Crippen molar-refractivity contribution in [3.05, 3.63) is 65.2 Å². The van der Waals surface area contributed by atoms with Crippen LogP contribution in [-0.4, -0.2) is 35.4 Å². The van der Waals surface area contributed by atoms with Crippen LogP contribution in [0.2, 0.25) is 0 Å². The molecule has 0 spiro atoms. The van der Waals surface area contributed by atoms with Crippen LogP contribution in [0.25, 0.3) is 0 Å². The lowest BCUT2D eigenvalue weighted by Crippen LogP contribution is -2.37. The van der Waals surface area contributed by atoms with Crippen LogP contribution in [0, 0.1) is 5.92 Å². The van der Waals surface area contributed by atoms with E-state index >= 15 is 0 Å². The Labute approximate surface area is 155 Å². The minimum atomic E-state index is 0.312. The van der Waals surface area contributed by atoms with Crippen molar-refractivity contribution in [2.24, 2.45) is 5.92 Å². The summed E-state index contributed by atoms with van der Waals surface area (Å²) in [5.41, 5.74) is 3.25. The number of nitrogens with zero attached hydrogens (tertiary/aromatic N) is 1. The molecule has 1 N–H and O–H groups in total. The SMILES string of the molecule is O=C1CC(CN2CCC(c3ccccc3O)CC2)CCc2ccccc21. The molecule has 2 aliphatic rings. The van der Waals surface area contributed by atoms with Gasteiger partial charge in [0, 0.05) is 18.5 Å². The van der Waals surface area contributed by atoms with Crippen molar-refractivity contribution in [3.8, 4) is 5.75 Å². The fourth-order valence-corrected chi connectivity index (χ4v) is 4.62. The lowest BCUT2D eigenvalue weighted by molar-refractivity contribution is 0.0941. The minimum absolute atomic E-state index is 0.312. The highest BCUT2D eigenvalue weighted by atomic mass is 16.3. The fraction of sp³-hybridized carbons (Fsp3) is 0.435. The van der Waals surface area contributed by atoms with E-state index in [2.05, 4.69) is 17.0 Å². The van der Waals surface area contributed by atoms with Crippen LogP contribution in [0.1, 0.15) is 53.1 Å². The molecule has 3 heteroatoms. The van der Waals surface area contributed by atoms with Gasteiger partial charge in [0.05, 0.1) is 0 Å². The number of phenols is 1. The molecule has 1 unspecified atom stereocenters. The molecule has 1 aliphatic heterocycles. The second-order valence-electron chi connectivity index (χ2n) is 7.82. The first kappa shape index (κ1) is 17.3. The predicted molar refractivity (Wildman–Crippen MR) is 104 cm³/mol. The first-order chi connectivity index (χ1) is 12.7. The van der Waals surface area contributed by atoms with Crippen LogP contribution in [0.4, 0.5) is 0 Å². The van der Waals surface area contributed by atoms with Crippen molar-refractivity contribution < 1.29 is 9.90 Å². The molecule has 3 nitrogen and oxygen atoms in total. The molecular formula is C23H27NO2. The van der Waals surface area contributed by atoms with Gasteiger partial charge in [0.2, 0.25) is 0 Å². The standard InChI is InChI=1S/C23H27NO2/c25-22-8-4-3-6-20(22)19-11-13-24(14-12-19)16-17-9-10-18-5-1-2-7-21(18)23(26)15-17/h1-8,17,19,25H,9-16H2. The molecule has 0 saturated carbocycles. The van der Waals surface area contributed by atoms with Gasteiger partial charge in [-0.1, -0.05) is 42.5 Å². The molecule has 0 bridgehead atoms. The van der Waals surface area contributed by atoms with E-state index in [-0.39, 0.29) is 0 Å². The smallest absolute Gasteiger partial charge is 0.163 e. The number of fused-ring (bicyclic) bond motifs is 1. The van der Waals surface area contributed by atoms with Gasteiger partial charge in [-0.3, -0.25) is 4.79 Å². The van der Waals surface area contributed by atoms with Crippen LogP contribution < -0.4 is 0 Å². The average Bonchev–Trinajstić information content (AvgIpc) is 2.82. The van der Waals surface area contributed by atoms with Crippen molar-refractivity contribution >= 4 is 5.78 Å². The number of aromatic hydroxyl groups is 1. The molecule has 2 aromatic carbocycles. The zero-order chi connectivity index (χ0) is 17.9. The molecule has 1 heterocycles. The predicted octanol–water partition coefficient (Wildman–Crippen LogP) is 4.41. The second kappa shape index (κ2) is 7.63. The molecule has 0 aromatic heterocycles. The molecule has 1 saturated heterocycles. The van der Waals surface area contributed by atoms with E-state index in [4.69, 9.17) is 0 Å². The number of carbonyl (C=O) groups excluding carboxylic acids is 1. The van der Waals surface area contributed by atoms with Crippen LogP contribution in [0.5, 0.6) is 5.75 Å². The Bertz CT molecular complexity index is 777. The first-order valence-corrected chi connectivity index (χ1v) is 9.82. The topological polar surface area (TPSA) is 40.5 Å². The third-order valence-electron chi connectivity index (χ3n) is 6.09. The lowest BCUT2D eigenvalue weighted by atomic mass is 9.88. The maximum absolute atomic E-state index is 12.6. The number of hydrogen-bond donors (Lipinski definition) is 1. The molecular weight excluding hydrogens is 322 g/mol. The van der Waals surface area contributed by atoms with E-state index in [0.717, 1.165) is 56.4 Å². The Kier molecular flexibility index (Phi) is 5.07. The van der Waals surface area contributed by atoms with Crippen LogP contribution >= 0.6 is 0 Å². The summed E-state index contributed by atoms with van der Waals surface area (Å²) in [7, 11) is 0. The van der Waals surface area contributed by atoms with Crippen LogP contribution in [-0.2, 0) is 6.42 Å². The van der Waals surface area contributed by atoms with Crippen LogP contribution in [0.15, 0.2) is 48.5 Å². The third-order valence-corrected chi connectivity index (χ3v) is 6.09. The van der Waals surface area contributed by atoms with E-state index in [1.54, 1.807) is 6.07 Å². The summed E-state index contributed by atoms with van der Waals surface area (Å²) in [5.74, 6) is 1.65. The highest BCUT2D eigenvalue weighted by molar-refractivity contribution is 5.97.